The van der Waals surface area contributed by atoms with E-state index in [9.17, 15) is 14.0 Å². The molecule has 0 bridgehead atoms. The Kier molecular flexibility index (Phi) is 4.66. The third-order valence-corrected chi connectivity index (χ3v) is 2.97. The Labute approximate surface area is 121 Å². The lowest BCUT2D eigenvalue weighted by atomic mass is 10.1. The zero-order chi connectivity index (χ0) is 15.2. The van der Waals surface area contributed by atoms with E-state index in [1.807, 2.05) is 0 Å². The maximum Gasteiger partial charge on any atom is 0.338 e. The van der Waals surface area contributed by atoms with E-state index in [2.05, 4.69) is 10.1 Å². The van der Waals surface area contributed by atoms with Gasteiger partial charge in [-0.05, 0) is 18.2 Å². The predicted octanol–water partition coefficient (Wildman–Crippen LogP) is 2.54. The zero-order valence-corrected chi connectivity index (χ0v) is 11.4. The van der Waals surface area contributed by atoms with E-state index in [4.69, 9.17) is 0 Å². The van der Waals surface area contributed by atoms with Crippen LogP contribution >= 0.6 is 0 Å². The van der Waals surface area contributed by atoms with Crippen LogP contribution in [0.25, 0.3) is 0 Å². The standard InChI is InChI=1S/C16H14FNO3/c1-21-16(20)13-8-4-3-7-12(13)15(19)18-10-11-6-2-5-9-14(11)17/h2-9H,10H2,1H3,(H,18,19). The first-order valence-corrected chi connectivity index (χ1v) is 6.32. The molecule has 0 aliphatic rings. The highest BCUT2D eigenvalue weighted by atomic mass is 19.1. The largest absolute Gasteiger partial charge is 0.465 e. The Bertz CT molecular complexity index is 670. The number of hydrogen-bond acceptors (Lipinski definition) is 3. The van der Waals surface area contributed by atoms with Gasteiger partial charge < -0.3 is 10.1 Å². The molecule has 0 aromatic heterocycles. The molecule has 1 N–H and O–H groups in total. The van der Waals surface area contributed by atoms with Crippen LogP contribution in [0.4, 0.5) is 4.39 Å². The lowest BCUT2D eigenvalue weighted by Crippen LogP contribution is -2.25. The fourth-order valence-corrected chi connectivity index (χ4v) is 1.88. The lowest BCUT2D eigenvalue weighted by molar-refractivity contribution is 0.0596. The SMILES string of the molecule is COC(=O)c1ccccc1C(=O)NCc1ccccc1F. The summed E-state index contributed by atoms with van der Waals surface area (Å²) >= 11 is 0. The van der Waals surface area contributed by atoms with Gasteiger partial charge in [0.25, 0.3) is 5.91 Å². The van der Waals surface area contributed by atoms with E-state index in [0.29, 0.717) is 5.56 Å². The molecule has 0 aliphatic carbocycles. The molecule has 0 heterocycles. The van der Waals surface area contributed by atoms with Crippen molar-refractivity contribution in [1.29, 1.82) is 0 Å². The van der Waals surface area contributed by atoms with Crippen molar-refractivity contribution in [2.45, 2.75) is 6.54 Å². The first kappa shape index (κ1) is 14.7. The number of amides is 1. The Morgan fingerprint density at radius 1 is 1.05 bits per heavy atom. The summed E-state index contributed by atoms with van der Waals surface area (Å²) in [7, 11) is 1.25. The Hall–Kier alpha value is -2.69. The summed E-state index contributed by atoms with van der Waals surface area (Å²) in [5, 5.41) is 2.59. The lowest BCUT2D eigenvalue weighted by Gasteiger charge is -2.09. The molecule has 0 atom stereocenters. The molecule has 1 amide bonds. The molecule has 4 nitrogen and oxygen atoms in total. The second-order valence-corrected chi connectivity index (χ2v) is 4.31. The number of benzene rings is 2. The van der Waals surface area contributed by atoms with Crippen molar-refractivity contribution in [1.82, 2.24) is 5.32 Å². The van der Waals surface area contributed by atoms with E-state index < -0.39 is 11.9 Å². The normalized spacial score (nSPS) is 10.0. The van der Waals surface area contributed by atoms with E-state index in [0.717, 1.165) is 0 Å². The number of methoxy groups -OCH3 is 1. The average Bonchev–Trinajstić information content (AvgIpc) is 2.53. The van der Waals surface area contributed by atoms with E-state index in [1.165, 1.54) is 25.3 Å². The summed E-state index contributed by atoms with van der Waals surface area (Å²) in [4.78, 5) is 23.7. The summed E-state index contributed by atoms with van der Waals surface area (Å²) in [6.45, 7) is 0.0427. The molecule has 108 valence electrons. The fraction of sp³-hybridized carbons (Fsp3) is 0.125. The van der Waals surface area contributed by atoms with Crippen molar-refractivity contribution >= 4 is 11.9 Å². The molecule has 0 fully saturated rings. The molecular formula is C16H14FNO3. The summed E-state index contributed by atoms with van der Waals surface area (Å²) in [5.74, 6) is -1.44. The Balaban J connectivity index is 2.14. The van der Waals surface area contributed by atoms with Crippen molar-refractivity contribution in [2.24, 2.45) is 0 Å². The number of carbonyl (C=O) groups is 2. The number of hydrogen-bond donors (Lipinski definition) is 1. The molecule has 21 heavy (non-hydrogen) atoms. The molecule has 0 saturated carbocycles. The van der Waals surface area contributed by atoms with E-state index >= 15 is 0 Å². The number of carbonyl (C=O) groups excluding carboxylic acids is 2. The summed E-state index contributed by atoms with van der Waals surface area (Å²) in [6, 6.07) is 12.5. The van der Waals surface area contributed by atoms with Gasteiger partial charge in [0.2, 0.25) is 0 Å². The molecule has 2 aromatic rings. The van der Waals surface area contributed by atoms with Gasteiger partial charge in [0.15, 0.2) is 0 Å². The quantitative estimate of drug-likeness (QED) is 0.879. The van der Waals surface area contributed by atoms with Crippen LogP contribution in [0.1, 0.15) is 26.3 Å². The van der Waals surface area contributed by atoms with E-state index in [1.54, 1.807) is 30.3 Å². The summed E-state index contributed by atoms with van der Waals surface area (Å²) in [5.41, 5.74) is 0.744. The average molecular weight is 287 g/mol. The molecule has 5 heteroatoms. The Morgan fingerprint density at radius 2 is 1.67 bits per heavy atom. The maximum absolute atomic E-state index is 13.5. The van der Waals surface area contributed by atoms with Gasteiger partial charge in [-0.2, -0.15) is 0 Å². The molecule has 0 unspecified atom stereocenters. The van der Waals surface area contributed by atoms with E-state index in [-0.39, 0.29) is 23.5 Å². The minimum absolute atomic E-state index is 0.0427. The van der Waals surface area contributed by atoms with Crippen LogP contribution in [-0.2, 0) is 11.3 Å². The number of rotatable bonds is 4. The van der Waals surface area contributed by atoms with Crippen LogP contribution in [-0.4, -0.2) is 19.0 Å². The third kappa shape index (κ3) is 3.45. The summed E-state index contributed by atoms with van der Waals surface area (Å²) < 4.78 is 18.1. The third-order valence-electron chi connectivity index (χ3n) is 2.97. The highest BCUT2D eigenvalue weighted by Crippen LogP contribution is 2.11. The molecule has 0 aliphatic heterocycles. The molecule has 2 rings (SSSR count). The van der Waals surface area contributed by atoms with Gasteiger partial charge in [0.1, 0.15) is 5.82 Å². The number of esters is 1. The van der Waals surface area contributed by atoms with Gasteiger partial charge in [-0.25, -0.2) is 9.18 Å². The van der Waals surface area contributed by atoms with Crippen LogP contribution in [0, 0.1) is 5.82 Å². The predicted molar refractivity (Wildman–Crippen MR) is 75.4 cm³/mol. The molecule has 0 radical (unpaired) electrons. The minimum atomic E-state index is -0.591. The van der Waals surface area contributed by atoms with Crippen LogP contribution in [0.15, 0.2) is 48.5 Å². The topological polar surface area (TPSA) is 55.4 Å². The summed E-state index contributed by atoms with van der Waals surface area (Å²) in [6.07, 6.45) is 0. The van der Waals surface area contributed by atoms with Crippen molar-refractivity contribution in [2.75, 3.05) is 7.11 Å². The van der Waals surface area contributed by atoms with Gasteiger partial charge in [-0.3, -0.25) is 4.79 Å². The molecular weight excluding hydrogens is 273 g/mol. The monoisotopic (exact) mass is 287 g/mol. The van der Waals surface area contributed by atoms with Gasteiger partial charge >= 0.3 is 5.97 Å². The van der Waals surface area contributed by atoms with Crippen LogP contribution in [0.2, 0.25) is 0 Å². The van der Waals surface area contributed by atoms with Crippen molar-refractivity contribution in [3.8, 4) is 0 Å². The molecule has 0 saturated heterocycles. The first-order valence-electron chi connectivity index (χ1n) is 6.32. The van der Waals surface area contributed by atoms with Crippen LogP contribution in [0.5, 0.6) is 0 Å². The van der Waals surface area contributed by atoms with Crippen molar-refractivity contribution < 1.29 is 18.7 Å². The Morgan fingerprint density at radius 3 is 2.33 bits per heavy atom. The van der Waals surface area contributed by atoms with Gasteiger partial charge in [-0.1, -0.05) is 30.3 Å². The van der Waals surface area contributed by atoms with Gasteiger partial charge in [0, 0.05) is 12.1 Å². The maximum atomic E-state index is 13.5. The van der Waals surface area contributed by atoms with Crippen molar-refractivity contribution in [3.05, 3.63) is 71.0 Å². The second kappa shape index (κ2) is 6.65. The first-order chi connectivity index (χ1) is 10.1. The fourth-order valence-electron chi connectivity index (χ4n) is 1.88. The van der Waals surface area contributed by atoms with Gasteiger partial charge in [-0.15, -0.1) is 0 Å². The number of nitrogens with one attached hydrogen (secondary N) is 1. The highest BCUT2D eigenvalue weighted by Gasteiger charge is 2.16. The van der Waals surface area contributed by atoms with Crippen molar-refractivity contribution in [3.63, 3.8) is 0 Å². The smallest absolute Gasteiger partial charge is 0.338 e. The number of ether oxygens (including phenoxy) is 1. The molecule has 0 spiro atoms. The van der Waals surface area contributed by atoms with Crippen LogP contribution < -0.4 is 5.32 Å². The highest BCUT2D eigenvalue weighted by molar-refractivity contribution is 6.05. The van der Waals surface area contributed by atoms with Crippen LogP contribution in [0.3, 0.4) is 0 Å². The minimum Gasteiger partial charge on any atom is -0.465 e. The molecule has 2 aromatic carbocycles. The second-order valence-electron chi connectivity index (χ2n) is 4.31. The zero-order valence-electron chi connectivity index (χ0n) is 11.4. The van der Waals surface area contributed by atoms with Gasteiger partial charge in [0.05, 0.1) is 18.2 Å². The number of halogens is 1.